The molecule has 2 rings (SSSR count). The van der Waals surface area contributed by atoms with E-state index in [1.807, 2.05) is 0 Å². The fourth-order valence-corrected chi connectivity index (χ4v) is 2.44. The molecule has 114 valence electrons. The molecule has 1 aliphatic heterocycles. The number of halogens is 1. The van der Waals surface area contributed by atoms with Gasteiger partial charge in [-0.3, -0.25) is 9.69 Å². The molecule has 3 nitrogen and oxygen atoms in total. The van der Waals surface area contributed by atoms with Crippen LogP contribution in [0.25, 0.3) is 0 Å². The fourth-order valence-electron chi connectivity index (χ4n) is 2.44. The highest BCUT2D eigenvalue weighted by molar-refractivity contribution is 5.94. The smallest absolute Gasteiger partial charge is 0.251 e. The minimum absolute atomic E-state index is 0.113. The van der Waals surface area contributed by atoms with Crippen molar-refractivity contribution in [2.45, 2.75) is 32.7 Å². The van der Waals surface area contributed by atoms with E-state index in [2.05, 4.69) is 30.1 Å². The number of carbonyl (C=O) groups excluding carboxylic acids is 1. The zero-order valence-corrected chi connectivity index (χ0v) is 12.7. The van der Waals surface area contributed by atoms with E-state index >= 15 is 0 Å². The van der Waals surface area contributed by atoms with Crippen LogP contribution in [0.5, 0.6) is 0 Å². The lowest BCUT2D eigenvalue weighted by Crippen LogP contribution is -2.44. The van der Waals surface area contributed by atoms with Crippen molar-refractivity contribution in [2.24, 2.45) is 0 Å². The van der Waals surface area contributed by atoms with Gasteiger partial charge in [-0.05, 0) is 51.0 Å². The number of hydrogen-bond acceptors (Lipinski definition) is 2. The van der Waals surface area contributed by atoms with Gasteiger partial charge in [0.05, 0.1) is 0 Å². The van der Waals surface area contributed by atoms with Crippen LogP contribution in [0.2, 0.25) is 0 Å². The lowest BCUT2D eigenvalue weighted by atomic mass is 10.0. The Kier molecular flexibility index (Phi) is 5.51. The maximum absolute atomic E-state index is 12.8. The zero-order valence-electron chi connectivity index (χ0n) is 12.7. The van der Waals surface area contributed by atoms with Gasteiger partial charge in [0.1, 0.15) is 5.82 Å². The van der Waals surface area contributed by atoms with Gasteiger partial charge >= 0.3 is 0 Å². The number of likely N-dealkylation sites (tertiary alicyclic amines) is 1. The van der Waals surface area contributed by atoms with Crippen molar-refractivity contribution in [2.75, 3.05) is 19.6 Å². The quantitative estimate of drug-likeness (QED) is 0.865. The van der Waals surface area contributed by atoms with E-state index in [4.69, 9.17) is 0 Å². The molecule has 0 saturated carbocycles. The van der Waals surface area contributed by atoms with E-state index in [1.165, 1.54) is 29.8 Å². The predicted molar refractivity (Wildman–Crippen MR) is 82.8 cm³/mol. The standard InChI is InChI=1S/C17H23FN2O/c1-13(2)7-10-20-11-8-16(9-12-20)19-17(21)14-3-5-15(18)6-4-14/h3-7,16H,8-12H2,1-2H3,(H,19,21). The molecule has 0 radical (unpaired) electrons. The van der Waals surface area contributed by atoms with E-state index in [9.17, 15) is 9.18 Å². The van der Waals surface area contributed by atoms with Gasteiger partial charge in [-0.2, -0.15) is 0 Å². The van der Waals surface area contributed by atoms with Crippen LogP contribution in [0.15, 0.2) is 35.9 Å². The third kappa shape index (κ3) is 4.97. The molecule has 1 saturated heterocycles. The van der Waals surface area contributed by atoms with E-state index < -0.39 is 0 Å². The summed E-state index contributed by atoms with van der Waals surface area (Å²) in [5.41, 5.74) is 1.85. The Morgan fingerprint density at radius 1 is 1.29 bits per heavy atom. The highest BCUT2D eigenvalue weighted by atomic mass is 19.1. The molecular weight excluding hydrogens is 267 g/mol. The Hall–Kier alpha value is -1.68. The second kappa shape index (κ2) is 7.36. The number of rotatable bonds is 4. The summed E-state index contributed by atoms with van der Waals surface area (Å²) in [6, 6.07) is 5.89. The summed E-state index contributed by atoms with van der Waals surface area (Å²) in [7, 11) is 0. The topological polar surface area (TPSA) is 32.3 Å². The fraction of sp³-hybridized carbons (Fsp3) is 0.471. The van der Waals surface area contributed by atoms with Gasteiger partial charge in [0.2, 0.25) is 0 Å². The van der Waals surface area contributed by atoms with Crippen molar-refractivity contribution in [3.05, 3.63) is 47.3 Å². The molecule has 1 fully saturated rings. The Labute approximate surface area is 125 Å². The largest absolute Gasteiger partial charge is 0.349 e. The molecule has 4 heteroatoms. The molecule has 0 aliphatic carbocycles. The molecule has 1 amide bonds. The molecule has 1 aromatic carbocycles. The first-order chi connectivity index (χ1) is 10.0. The molecule has 0 unspecified atom stereocenters. The maximum Gasteiger partial charge on any atom is 0.251 e. The van der Waals surface area contributed by atoms with Crippen molar-refractivity contribution in [3.8, 4) is 0 Å². The van der Waals surface area contributed by atoms with E-state index in [-0.39, 0.29) is 17.8 Å². The van der Waals surface area contributed by atoms with Crippen molar-refractivity contribution >= 4 is 5.91 Å². The first kappa shape index (κ1) is 15.7. The van der Waals surface area contributed by atoms with Gasteiger partial charge in [-0.15, -0.1) is 0 Å². The maximum atomic E-state index is 12.8. The Morgan fingerprint density at radius 2 is 1.90 bits per heavy atom. The molecule has 1 aliphatic rings. The van der Waals surface area contributed by atoms with Gasteiger partial charge < -0.3 is 5.32 Å². The Balaban J connectivity index is 1.79. The first-order valence-electron chi connectivity index (χ1n) is 7.47. The Bertz CT molecular complexity index is 498. The van der Waals surface area contributed by atoms with Crippen molar-refractivity contribution < 1.29 is 9.18 Å². The third-order valence-corrected chi connectivity index (χ3v) is 3.79. The van der Waals surface area contributed by atoms with Crippen LogP contribution < -0.4 is 5.32 Å². The highest BCUT2D eigenvalue weighted by Gasteiger charge is 2.20. The number of allylic oxidation sites excluding steroid dienone is 1. The van der Waals surface area contributed by atoms with Crippen LogP contribution in [0.3, 0.4) is 0 Å². The zero-order chi connectivity index (χ0) is 15.2. The summed E-state index contributed by atoms with van der Waals surface area (Å²) < 4.78 is 12.8. The van der Waals surface area contributed by atoms with Crippen molar-refractivity contribution in [1.82, 2.24) is 10.2 Å². The number of nitrogens with one attached hydrogen (secondary N) is 1. The van der Waals surface area contributed by atoms with Gasteiger partial charge in [-0.1, -0.05) is 11.6 Å². The molecule has 0 bridgehead atoms. The van der Waals surface area contributed by atoms with Crippen LogP contribution in [0.1, 0.15) is 37.0 Å². The summed E-state index contributed by atoms with van der Waals surface area (Å²) in [4.78, 5) is 14.5. The monoisotopic (exact) mass is 290 g/mol. The number of nitrogens with zero attached hydrogens (tertiary/aromatic N) is 1. The number of carbonyl (C=O) groups is 1. The lowest BCUT2D eigenvalue weighted by Gasteiger charge is -2.31. The molecule has 0 spiro atoms. The van der Waals surface area contributed by atoms with Gasteiger partial charge in [0.15, 0.2) is 0 Å². The van der Waals surface area contributed by atoms with E-state index in [0.29, 0.717) is 5.56 Å². The van der Waals surface area contributed by atoms with Crippen molar-refractivity contribution in [1.29, 1.82) is 0 Å². The molecular formula is C17H23FN2O. The summed E-state index contributed by atoms with van der Waals surface area (Å²) in [6.07, 6.45) is 4.16. The summed E-state index contributed by atoms with van der Waals surface area (Å²) in [6.45, 7) is 7.20. The van der Waals surface area contributed by atoms with Crippen LogP contribution in [-0.2, 0) is 0 Å². The minimum Gasteiger partial charge on any atom is -0.349 e. The second-order valence-corrected chi connectivity index (χ2v) is 5.84. The summed E-state index contributed by atoms with van der Waals surface area (Å²) >= 11 is 0. The first-order valence-corrected chi connectivity index (χ1v) is 7.47. The average Bonchev–Trinajstić information content (AvgIpc) is 2.47. The van der Waals surface area contributed by atoms with E-state index in [1.54, 1.807) is 0 Å². The Morgan fingerprint density at radius 3 is 2.48 bits per heavy atom. The second-order valence-electron chi connectivity index (χ2n) is 5.84. The number of amides is 1. The molecule has 1 aromatic rings. The number of benzene rings is 1. The molecule has 0 atom stereocenters. The number of piperidine rings is 1. The number of hydrogen-bond donors (Lipinski definition) is 1. The van der Waals surface area contributed by atoms with Crippen LogP contribution in [-0.4, -0.2) is 36.5 Å². The normalized spacial score (nSPS) is 16.5. The molecule has 21 heavy (non-hydrogen) atoms. The van der Waals surface area contributed by atoms with E-state index in [0.717, 1.165) is 32.5 Å². The summed E-state index contributed by atoms with van der Waals surface area (Å²) in [5.74, 6) is -0.433. The molecule has 1 heterocycles. The van der Waals surface area contributed by atoms with Gasteiger partial charge in [0, 0.05) is 31.2 Å². The SMILES string of the molecule is CC(C)=CCN1CCC(NC(=O)c2ccc(F)cc2)CC1. The van der Waals surface area contributed by atoms with Crippen LogP contribution >= 0.6 is 0 Å². The van der Waals surface area contributed by atoms with Crippen molar-refractivity contribution in [3.63, 3.8) is 0 Å². The highest BCUT2D eigenvalue weighted by Crippen LogP contribution is 2.12. The predicted octanol–water partition coefficient (Wildman–Crippen LogP) is 2.99. The molecule has 1 N–H and O–H groups in total. The van der Waals surface area contributed by atoms with Crippen LogP contribution in [0.4, 0.5) is 4.39 Å². The third-order valence-electron chi connectivity index (χ3n) is 3.79. The van der Waals surface area contributed by atoms with Gasteiger partial charge in [0.25, 0.3) is 5.91 Å². The van der Waals surface area contributed by atoms with Gasteiger partial charge in [-0.25, -0.2) is 4.39 Å². The minimum atomic E-state index is -0.320. The molecule has 0 aromatic heterocycles. The van der Waals surface area contributed by atoms with Crippen LogP contribution in [0, 0.1) is 5.82 Å². The lowest BCUT2D eigenvalue weighted by molar-refractivity contribution is 0.0914. The average molecular weight is 290 g/mol. The summed E-state index contributed by atoms with van der Waals surface area (Å²) in [5, 5.41) is 3.04.